The zero-order valence-corrected chi connectivity index (χ0v) is 17.8. The van der Waals surface area contributed by atoms with Crippen LogP contribution in [0.2, 0.25) is 0 Å². The molecule has 0 aliphatic heterocycles. The van der Waals surface area contributed by atoms with E-state index in [0.717, 1.165) is 56.8 Å². The number of nitrogens with one attached hydrogen (secondary N) is 2. The van der Waals surface area contributed by atoms with Crippen molar-refractivity contribution in [1.82, 2.24) is 25.4 Å². The van der Waals surface area contributed by atoms with Crippen LogP contribution in [0.5, 0.6) is 0 Å². The fourth-order valence-corrected chi connectivity index (χ4v) is 2.02. The highest BCUT2D eigenvalue weighted by atomic mass is 127. The van der Waals surface area contributed by atoms with Crippen LogP contribution < -0.4 is 10.6 Å². The largest absolute Gasteiger partial charge is 0.382 e. The van der Waals surface area contributed by atoms with Crippen LogP contribution in [0.25, 0.3) is 0 Å². The summed E-state index contributed by atoms with van der Waals surface area (Å²) in [5.74, 6) is 2.60. The van der Waals surface area contributed by atoms with Gasteiger partial charge in [-0.2, -0.15) is 0 Å². The van der Waals surface area contributed by atoms with Gasteiger partial charge in [0.2, 0.25) is 0 Å². The Labute approximate surface area is 163 Å². The van der Waals surface area contributed by atoms with E-state index in [1.807, 2.05) is 25.5 Å². The van der Waals surface area contributed by atoms with Gasteiger partial charge >= 0.3 is 0 Å². The molecule has 7 nitrogen and oxygen atoms in total. The molecule has 0 atom stereocenters. The zero-order chi connectivity index (χ0) is 16.9. The van der Waals surface area contributed by atoms with Gasteiger partial charge in [-0.05, 0) is 26.7 Å². The van der Waals surface area contributed by atoms with Crippen molar-refractivity contribution in [1.29, 1.82) is 0 Å². The minimum atomic E-state index is 0. The molecule has 0 unspecified atom stereocenters. The molecule has 0 bridgehead atoms. The first kappa shape index (κ1) is 23.1. The average Bonchev–Trinajstić information content (AvgIpc) is 2.87. The summed E-state index contributed by atoms with van der Waals surface area (Å²) in [4.78, 5) is 4.61. The maximum absolute atomic E-state index is 5.35. The van der Waals surface area contributed by atoms with Crippen LogP contribution in [-0.2, 0) is 18.3 Å². The number of halogens is 1. The van der Waals surface area contributed by atoms with Gasteiger partial charge in [-0.15, -0.1) is 34.2 Å². The lowest BCUT2D eigenvalue weighted by molar-refractivity contribution is 0.145. The quantitative estimate of drug-likeness (QED) is 0.233. The Morgan fingerprint density at radius 1 is 1.12 bits per heavy atom. The molecule has 0 aromatic carbocycles. The molecular weight excluding hydrogens is 419 g/mol. The fourth-order valence-electron chi connectivity index (χ4n) is 2.02. The summed E-state index contributed by atoms with van der Waals surface area (Å²) < 4.78 is 7.32. The van der Waals surface area contributed by atoms with Crippen LogP contribution in [0.3, 0.4) is 0 Å². The molecule has 1 aromatic rings. The predicted molar refractivity (Wildman–Crippen MR) is 109 cm³/mol. The maximum Gasteiger partial charge on any atom is 0.191 e. The van der Waals surface area contributed by atoms with Crippen molar-refractivity contribution in [2.45, 2.75) is 53.0 Å². The summed E-state index contributed by atoms with van der Waals surface area (Å²) in [6.45, 7) is 10.00. The number of guanidine groups is 1. The topological polar surface area (TPSA) is 76.4 Å². The van der Waals surface area contributed by atoms with Gasteiger partial charge in [0.25, 0.3) is 0 Å². The number of aromatic nitrogens is 3. The molecule has 1 heterocycles. The van der Waals surface area contributed by atoms with E-state index >= 15 is 0 Å². The summed E-state index contributed by atoms with van der Waals surface area (Å²) in [6, 6.07) is 0. The zero-order valence-electron chi connectivity index (χ0n) is 15.5. The molecule has 0 aliphatic rings. The number of hydrogen-bond donors (Lipinski definition) is 2. The van der Waals surface area contributed by atoms with Gasteiger partial charge in [0.05, 0.1) is 0 Å². The molecule has 8 heteroatoms. The molecule has 0 fully saturated rings. The monoisotopic (exact) mass is 452 g/mol. The molecule has 0 saturated carbocycles. The second kappa shape index (κ2) is 14.4. The molecule has 0 saturated heterocycles. The van der Waals surface area contributed by atoms with E-state index in [4.69, 9.17) is 4.74 Å². The van der Waals surface area contributed by atoms with Crippen molar-refractivity contribution in [3.05, 3.63) is 11.6 Å². The third-order valence-electron chi connectivity index (χ3n) is 3.60. The lowest BCUT2D eigenvalue weighted by atomic mass is 10.2. The summed E-state index contributed by atoms with van der Waals surface area (Å²) in [7, 11) is 1.96. The number of ether oxygens (including phenoxy) is 1. The van der Waals surface area contributed by atoms with Crippen molar-refractivity contribution >= 4 is 29.9 Å². The first-order chi connectivity index (χ1) is 11.2. The number of aryl methyl sites for hydroxylation is 1. The Balaban J connectivity index is 0.00000529. The Bertz CT molecular complexity index is 463. The first-order valence-corrected chi connectivity index (χ1v) is 8.63. The molecule has 0 aliphatic carbocycles. The molecule has 0 spiro atoms. The Morgan fingerprint density at radius 3 is 2.42 bits per heavy atom. The number of aliphatic imine (C=N–C) groups is 1. The minimum Gasteiger partial charge on any atom is -0.382 e. The summed E-state index contributed by atoms with van der Waals surface area (Å²) in [6.07, 6.45) is 4.56. The Morgan fingerprint density at radius 2 is 1.83 bits per heavy atom. The summed E-state index contributed by atoms with van der Waals surface area (Å²) >= 11 is 0. The van der Waals surface area contributed by atoms with E-state index in [1.54, 1.807) is 0 Å². The number of hydrogen-bond acceptors (Lipinski definition) is 4. The Hall–Kier alpha value is -0.900. The van der Waals surface area contributed by atoms with E-state index in [1.165, 1.54) is 12.8 Å². The molecule has 0 amide bonds. The summed E-state index contributed by atoms with van der Waals surface area (Å²) in [5, 5.41) is 14.9. The fraction of sp³-hybridized carbons (Fsp3) is 0.812. The lowest BCUT2D eigenvalue weighted by Gasteiger charge is -2.12. The van der Waals surface area contributed by atoms with Gasteiger partial charge in [-0.25, -0.2) is 4.99 Å². The molecule has 2 N–H and O–H groups in total. The van der Waals surface area contributed by atoms with Crippen molar-refractivity contribution in [3.63, 3.8) is 0 Å². The highest BCUT2D eigenvalue weighted by molar-refractivity contribution is 14.0. The van der Waals surface area contributed by atoms with Crippen molar-refractivity contribution in [3.8, 4) is 0 Å². The van der Waals surface area contributed by atoms with Crippen LogP contribution in [0, 0.1) is 6.92 Å². The standard InChI is InChI=1S/C16H32N6O.HI/c1-5-7-8-10-17-16(18-11-9-12-23-6-2)19-13-15-21-20-14(3)22(15)4;/h5-13H2,1-4H3,(H2,17,18,19);1H. The van der Waals surface area contributed by atoms with E-state index in [9.17, 15) is 0 Å². The van der Waals surface area contributed by atoms with Crippen LogP contribution in [-0.4, -0.2) is 47.0 Å². The van der Waals surface area contributed by atoms with Gasteiger partial charge in [-0.3, -0.25) is 0 Å². The molecule has 1 aromatic heterocycles. The first-order valence-electron chi connectivity index (χ1n) is 8.63. The molecule has 140 valence electrons. The maximum atomic E-state index is 5.35. The van der Waals surface area contributed by atoms with Crippen molar-refractivity contribution in [2.75, 3.05) is 26.3 Å². The van der Waals surface area contributed by atoms with Crippen LogP contribution >= 0.6 is 24.0 Å². The highest BCUT2D eigenvalue weighted by Crippen LogP contribution is 1.99. The summed E-state index contributed by atoms with van der Waals surface area (Å²) in [5.41, 5.74) is 0. The van der Waals surface area contributed by atoms with E-state index in [-0.39, 0.29) is 24.0 Å². The lowest BCUT2D eigenvalue weighted by Crippen LogP contribution is -2.38. The van der Waals surface area contributed by atoms with Crippen molar-refractivity contribution in [2.24, 2.45) is 12.0 Å². The molecule has 1 rings (SSSR count). The number of nitrogens with zero attached hydrogens (tertiary/aromatic N) is 4. The third-order valence-corrected chi connectivity index (χ3v) is 3.60. The average molecular weight is 452 g/mol. The number of unbranched alkanes of at least 4 members (excludes halogenated alkanes) is 2. The van der Waals surface area contributed by atoms with Gasteiger partial charge < -0.3 is 19.9 Å². The number of rotatable bonds is 11. The normalized spacial score (nSPS) is 11.2. The second-order valence-electron chi connectivity index (χ2n) is 5.50. The van der Waals surface area contributed by atoms with Crippen LogP contribution in [0.15, 0.2) is 4.99 Å². The second-order valence-corrected chi connectivity index (χ2v) is 5.50. The van der Waals surface area contributed by atoms with Crippen LogP contribution in [0.4, 0.5) is 0 Å². The third kappa shape index (κ3) is 9.41. The minimum absolute atomic E-state index is 0. The SMILES string of the molecule is CCCCCNC(=NCc1nnc(C)n1C)NCCCOCC.I. The highest BCUT2D eigenvalue weighted by Gasteiger charge is 2.05. The molecule has 0 radical (unpaired) electrons. The Kier molecular flexibility index (Phi) is 13.9. The molecular formula is C16H33IN6O. The van der Waals surface area contributed by atoms with Gasteiger partial charge in [0.1, 0.15) is 12.4 Å². The van der Waals surface area contributed by atoms with E-state index in [0.29, 0.717) is 6.54 Å². The smallest absolute Gasteiger partial charge is 0.191 e. The van der Waals surface area contributed by atoms with Crippen LogP contribution in [0.1, 0.15) is 51.2 Å². The van der Waals surface area contributed by atoms with E-state index < -0.39 is 0 Å². The molecule has 24 heavy (non-hydrogen) atoms. The predicted octanol–water partition coefficient (Wildman–Crippen LogP) is 2.39. The van der Waals surface area contributed by atoms with Crippen molar-refractivity contribution < 1.29 is 4.74 Å². The van der Waals surface area contributed by atoms with Gasteiger partial charge in [0.15, 0.2) is 11.8 Å². The van der Waals surface area contributed by atoms with Gasteiger partial charge in [0, 0.05) is 33.4 Å². The van der Waals surface area contributed by atoms with E-state index in [2.05, 4.69) is 32.7 Å². The van der Waals surface area contributed by atoms with Gasteiger partial charge in [-0.1, -0.05) is 19.8 Å².